The van der Waals surface area contributed by atoms with Gasteiger partial charge in [-0.1, -0.05) is 13.0 Å². The number of hydrogen-bond acceptors (Lipinski definition) is 1. The molecule has 0 aromatic carbocycles. The molecule has 7 heavy (non-hydrogen) atoms. The fraction of sp³-hybridized carbons (Fsp3) is 0.667. The summed E-state index contributed by atoms with van der Waals surface area (Å²) >= 11 is 0. The van der Waals surface area contributed by atoms with Crippen LogP contribution in [-0.2, 0) is 0 Å². The van der Waals surface area contributed by atoms with Gasteiger partial charge in [-0.3, -0.25) is 0 Å². The third-order valence-corrected chi connectivity index (χ3v) is 1.02. The van der Waals surface area contributed by atoms with Crippen LogP contribution in [0.1, 0.15) is 13.3 Å². The summed E-state index contributed by atoms with van der Waals surface area (Å²) in [6.07, 6.45) is 2.98. The van der Waals surface area contributed by atoms with Crippen molar-refractivity contribution in [1.82, 2.24) is 0 Å². The normalized spacial score (nSPS) is 13.4. The first-order valence-electron chi connectivity index (χ1n) is 2.64. The summed E-state index contributed by atoms with van der Waals surface area (Å²) in [6.45, 7) is 6.51. The van der Waals surface area contributed by atoms with E-state index in [2.05, 4.69) is 13.5 Å². The predicted octanol–water partition coefficient (Wildman–Crippen LogP) is 1.16. The van der Waals surface area contributed by atoms with E-state index < -0.39 is 0 Å². The second-order valence-corrected chi connectivity index (χ2v) is 1.79. The largest absolute Gasteiger partial charge is 0.330 e. The molecule has 0 bridgehead atoms. The quantitative estimate of drug-likeness (QED) is 0.528. The minimum atomic E-state index is 0.588. The average Bonchev–Trinajstić information content (AvgIpc) is 1.68. The summed E-state index contributed by atoms with van der Waals surface area (Å²) < 4.78 is 0. The van der Waals surface area contributed by atoms with Gasteiger partial charge in [-0.05, 0) is 18.9 Å². The Morgan fingerprint density at radius 3 is 2.57 bits per heavy atom. The number of nitrogens with two attached hydrogens (primary N) is 1. The molecule has 0 aromatic heterocycles. The molecule has 1 atom stereocenters. The molecule has 0 fully saturated rings. The maximum atomic E-state index is 5.26. The Hall–Kier alpha value is -0.300. The van der Waals surface area contributed by atoms with Crippen molar-refractivity contribution >= 4 is 0 Å². The van der Waals surface area contributed by atoms with Gasteiger partial charge in [-0.15, -0.1) is 6.58 Å². The highest BCUT2D eigenvalue weighted by Gasteiger charge is 1.89. The Kier molecular flexibility index (Phi) is 3.71. The zero-order valence-corrected chi connectivity index (χ0v) is 4.85. The summed E-state index contributed by atoms with van der Waals surface area (Å²) in [4.78, 5) is 0. The van der Waals surface area contributed by atoms with Crippen molar-refractivity contribution in [3.63, 3.8) is 0 Å². The second-order valence-electron chi connectivity index (χ2n) is 1.79. The molecule has 0 unspecified atom stereocenters. The van der Waals surface area contributed by atoms with Crippen LogP contribution in [0.15, 0.2) is 12.7 Å². The summed E-state index contributed by atoms with van der Waals surface area (Å²) in [5.74, 6) is 0.588. The molecule has 0 saturated carbocycles. The smallest absolute Gasteiger partial charge is 0.00718 e. The minimum absolute atomic E-state index is 0.588. The lowest BCUT2D eigenvalue weighted by atomic mass is 10.1. The summed E-state index contributed by atoms with van der Waals surface area (Å²) in [5.41, 5.74) is 5.26. The van der Waals surface area contributed by atoms with E-state index in [1.165, 1.54) is 0 Å². The SMILES string of the molecule is C=C[C@H](C)CCN. The topological polar surface area (TPSA) is 26.0 Å². The first-order chi connectivity index (χ1) is 3.31. The van der Waals surface area contributed by atoms with Crippen molar-refractivity contribution in [2.75, 3.05) is 6.54 Å². The maximum Gasteiger partial charge on any atom is -0.00718 e. The van der Waals surface area contributed by atoms with Crippen LogP contribution in [-0.4, -0.2) is 6.54 Å². The zero-order chi connectivity index (χ0) is 5.70. The third kappa shape index (κ3) is 3.53. The van der Waals surface area contributed by atoms with Gasteiger partial charge in [0.2, 0.25) is 0 Å². The molecule has 0 rings (SSSR count). The van der Waals surface area contributed by atoms with Crippen LogP contribution in [0.2, 0.25) is 0 Å². The van der Waals surface area contributed by atoms with Gasteiger partial charge in [0.1, 0.15) is 0 Å². The summed E-state index contributed by atoms with van der Waals surface area (Å²) in [6, 6.07) is 0. The first-order valence-corrected chi connectivity index (χ1v) is 2.64. The van der Waals surface area contributed by atoms with Gasteiger partial charge >= 0.3 is 0 Å². The van der Waals surface area contributed by atoms with Gasteiger partial charge < -0.3 is 5.73 Å². The molecule has 0 heterocycles. The van der Waals surface area contributed by atoms with E-state index in [-0.39, 0.29) is 0 Å². The molecule has 2 N–H and O–H groups in total. The molecule has 1 heteroatoms. The lowest BCUT2D eigenvalue weighted by Gasteiger charge is -1.98. The molecule has 42 valence electrons. The van der Waals surface area contributed by atoms with E-state index in [0.717, 1.165) is 13.0 Å². The van der Waals surface area contributed by atoms with Crippen molar-refractivity contribution in [3.05, 3.63) is 12.7 Å². The Morgan fingerprint density at radius 1 is 1.86 bits per heavy atom. The van der Waals surface area contributed by atoms with E-state index in [0.29, 0.717) is 5.92 Å². The van der Waals surface area contributed by atoms with Gasteiger partial charge in [-0.2, -0.15) is 0 Å². The van der Waals surface area contributed by atoms with Gasteiger partial charge in [0.05, 0.1) is 0 Å². The predicted molar refractivity (Wildman–Crippen MR) is 33.0 cm³/mol. The van der Waals surface area contributed by atoms with E-state index in [1.807, 2.05) is 6.08 Å². The van der Waals surface area contributed by atoms with Crippen LogP contribution in [0.4, 0.5) is 0 Å². The Balaban J connectivity index is 2.98. The number of allylic oxidation sites excluding steroid dienone is 1. The highest BCUT2D eigenvalue weighted by Crippen LogP contribution is 1.98. The molecule has 1 nitrogen and oxygen atoms in total. The monoisotopic (exact) mass is 99.1 g/mol. The lowest BCUT2D eigenvalue weighted by molar-refractivity contribution is 0.660. The molecule has 0 saturated heterocycles. The van der Waals surface area contributed by atoms with Crippen molar-refractivity contribution < 1.29 is 0 Å². The molecule has 0 aliphatic carbocycles. The molecule has 0 aliphatic rings. The van der Waals surface area contributed by atoms with Crippen LogP contribution in [0.25, 0.3) is 0 Å². The molecular formula is C6H13N. The summed E-state index contributed by atoms with van der Waals surface area (Å²) in [5, 5.41) is 0. The second kappa shape index (κ2) is 3.88. The van der Waals surface area contributed by atoms with E-state index >= 15 is 0 Å². The third-order valence-electron chi connectivity index (χ3n) is 1.02. The Bertz CT molecular complexity index is 50.1. The van der Waals surface area contributed by atoms with Crippen LogP contribution >= 0.6 is 0 Å². The highest BCUT2D eigenvalue weighted by molar-refractivity contribution is 4.74. The molecular weight excluding hydrogens is 86.1 g/mol. The Morgan fingerprint density at radius 2 is 2.43 bits per heavy atom. The molecule has 0 aliphatic heterocycles. The molecule has 0 radical (unpaired) electrons. The van der Waals surface area contributed by atoms with E-state index in [4.69, 9.17) is 5.73 Å². The average molecular weight is 99.2 g/mol. The highest BCUT2D eigenvalue weighted by atomic mass is 14.5. The maximum absolute atomic E-state index is 5.26. The zero-order valence-electron chi connectivity index (χ0n) is 4.85. The van der Waals surface area contributed by atoms with Crippen molar-refractivity contribution in [2.24, 2.45) is 11.7 Å². The first kappa shape index (κ1) is 6.70. The molecule has 0 spiro atoms. The fourth-order valence-corrected chi connectivity index (χ4v) is 0.381. The fourth-order valence-electron chi connectivity index (χ4n) is 0.381. The van der Waals surface area contributed by atoms with Crippen molar-refractivity contribution in [2.45, 2.75) is 13.3 Å². The van der Waals surface area contributed by atoms with E-state index in [9.17, 15) is 0 Å². The van der Waals surface area contributed by atoms with Crippen molar-refractivity contribution in [1.29, 1.82) is 0 Å². The lowest BCUT2D eigenvalue weighted by Crippen LogP contribution is -2.02. The van der Waals surface area contributed by atoms with Crippen LogP contribution < -0.4 is 5.73 Å². The van der Waals surface area contributed by atoms with Gasteiger partial charge in [-0.25, -0.2) is 0 Å². The summed E-state index contributed by atoms with van der Waals surface area (Å²) in [7, 11) is 0. The van der Waals surface area contributed by atoms with Crippen molar-refractivity contribution in [3.8, 4) is 0 Å². The number of hydrogen-bond donors (Lipinski definition) is 1. The van der Waals surface area contributed by atoms with E-state index in [1.54, 1.807) is 0 Å². The van der Waals surface area contributed by atoms with Crippen LogP contribution in [0, 0.1) is 5.92 Å². The minimum Gasteiger partial charge on any atom is -0.330 e. The molecule has 0 aromatic rings. The van der Waals surface area contributed by atoms with Gasteiger partial charge in [0.15, 0.2) is 0 Å². The van der Waals surface area contributed by atoms with Gasteiger partial charge in [0, 0.05) is 0 Å². The molecule has 0 amide bonds. The Labute approximate surface area is 45.2 Å². The van der Waals surface area contributed by atoms with Crippen LogP contribution in [0.5, 0.6) is 0 Å². The van der Waals surface area contributed by atoms with Gasteiger partial charge in [0.25, 0.3) is 0 Å². The van der Waals surface area contributed by atoms with Crippen LogP contribution in [0.3, 0.4) is 0 Å². The standard InChI is InChI=1S/C6H13N/c1-3-6(2)4-5-7/h3,6H,1,4-5,7H2,2H3/t6-/m0/s1. The number of rotatable bonds is 3.